The average Bonchev–Trinajstić information content (AvgIpc) is 3.01. The standard InChI is InChI=1S/C18H30N4OS/c1-4-20(5-2)14-7-8-16-15(13-14)17(19-22(16)6-3)18(23)21-9-11-24-12-10-21/h14H,4-13H2,1-3H3. The number of carbonyl (C=O) groups is 1. The number of likely N-dealkylation sites (N-methyl/N-ethyl adjacent to an activating group) is 1. The highest BCUT2D eigenvalue weighted by Crippen LogP contribution is 2.28. The lowest BCUT2D eigenvalue weighted by Crippen LogP contribution is -2.41. The van der Waals surface area contributed by atoms with Gasteiger partial charge in [-0.15, -0.1) is 0 Å². The summed E-state index contributed by atoms with van der Waals surface area (Å²) in [6.07, 6.45) is 3.19. The van der Waals surface area contributed by atoms with Crippen molar-refractivity contribution in [3.8, 4) is 0 Å². The molecule has 0 N–H and O–H groups in total. The monoisotopic (exact) mass is 350 g/mol. The zero-order valence-electron chi connectivity index (χ0n) is 15.3. The van der Waals surface area contributed by atoms with E-state index in [2.05, 4.69) is 30.4 Å². The fraction of sp³-hybridized carbons (Fsp3) is 0.778. The molecule has 0 radical (unpaired) electrons. The summed E-state index contributed by atoms with van der Waals surface area (Å²) >= 11 is 1.93. The molecule has 1 unspecified atom stereocenters. The SMILES string of the molecule is CCN(CC)C1CCc2c(c(C(=O)N3CCSCC3)nn2CC)C1. The zero-order chi connectivity index (χ0) is 17.1. The summed E-state index contributed by atoms with van der Waals surface area (Å²) in [5, 5.41) is 4.73. The van der Waals surface area contributed by atoms with Crippen molar-refractivity contribution in [1.82, 2.24) is 19.6 Å². The van der Waals surface area contributed by atoms with Crippen molar-refractivity contribution >= 4 is 17.7 Å². The number of aromatic nitrogens is 2. The first-order valence-electron chi connectivity index (χ1n) is 9.39. The predicted molar refractivity (Wildman–Crippen MR) is 99.9 cm³/mol. The number of aryl methyl sites for hydroxylation is 1. The Morgan fingerprint density at radius 2 is 1.96 bits per heavy atom. The van der Waals surface area contributed by atoms with Crippen LogP contribution in [0.2, 0.25) is 0 Å². The highest BCUT2D eigenvalue weighted by molar-refractivity contribution is 7.99. The van der Waals surface area contributed by atoms with Crippen LogP contribution in [0, 0.1) is 0 Å². The van der Waals surface area contributed by atoms with Crippen molar-refractivity contribution < 1.29 is 4.79 Å². The summed E-state index contributed by atoms with van der Waals surface area (Å²) in [6.45, 7) is 11.3. The van der Waals surface area contributed by atoms with Gasteiger partial charge >= 0.3 is 0 Å². The number of thioether (sulfide) groups is 1. The third kappa shape index (κ3) is 3.36. The number of amides is 1. The molecule has 0 aromatic carbocycles. The maximum absolute atomic E-state index is 13.0. The van der Waals surface area contributed by atoms with E-state index in [1.165, 1.54) is 17.7 Å². The second-order valence-electron chi connectivity index (χ2n) is 6.61. The van der Waals surface area contributed by atoms with Gasteiger partial charge in [0, 0.05) is 48.4 Å². The molecule has 1 atom stereocenters. The molecule has 6 heteroatoms. The van der Waals surface area contributed by atoms with Crippen molar-refractivity contribution in [3.05, 3.63) is 17.0 Å². The molecule has 0 bridgehead atoms. The molecular weight excluding hydrogens is 320 g/mol. The molecule has 3 rings (SSSR count). The summed E-state index contributed by atoms with van der Waals surface area (Å²) in [5.74, 6) is 2.24. The first-order valence-corrected chi connectivity index (χ1v) is 10.5. The van der Waals surface area contributed by atoms with Crippen LogP contribution in [0.3, 0.4) is 0 Å². The van der Waals surface area contributed by atoms with E-state index in [-0.39, 0.29) is 5.91 Å². The molecule has 2 aliphatic rings. The Morgan fingerprint density at radius 1 is 1.25 bits per heavy atom. The Morgan fingerprint density at radius 3 is 2.58 bits per heavy atom. The Bertz CT molecular complexity index is 576. The van der Waals surface area contributed by atoms with E-state index in [1.54, 1.807) is 0 Å². The van der Waals surface area contributed by atoms with Gasteiger partial charge in [-0.2, -0.15) is 16.9 Å². The van der Waals surface area contributed by atoms with Crippen molar-refractivity contribution in [2.24, 2.45) is 0 Å². The van der Waals surface area contributed by atoms with Gasteiger partial charge in [0.1, 0.15) is 0 Å². The number of hydrogen-bond donors (Lipinski definition) is 0. The fourth-order valence-electron chi connectivity index (χ4n) is 4.07. The largest absolute Gasteiger partial charge is 0.336 e. The van der Waals surface area contributed by atoms with E-state index in [0.29, 0.717) is 6.04 Å². The van der Waals surface area contributed by atoms with E-state index >= 15 is 0 Å². The lowest BCUT2D eigenvalue weighted by Gasteiger charge is -2.33. The van der Waals surface area contributed by atoms with Crippen molar-refractivity contribution in [1.29, 1.82) is 0 Å². The molecule has 0 spiro atoms. The molecule has 1 aromatic heterocycles. The normalized spacial score (nSPS) is 21.2. The number of rotatable bonds is 5. The van der Waals surface area contributed by atoms with Crippen molar-refractivity contribution in [3.63, 3.8) is 0 Å². The van der Waals surface area contributed by atoms with Crippen LogP contribution in [-0.2, 0) is 19.4 Å². The second-order valence-corrected chi connectivity index (χ2v) is 7.84. The summed E-state index contributed by atoms with van der Waals surface area (Å²) < 4.78 is 2.07. The van der Waals surface area contributed by atoms with E-state index in [9.17, 15) is 4.79 Å². The van der Waals surface area contributed by atoms with E-state index in [4.69, 9.17) is 5.10 Å². The van der Waals surface area contributed by atoms with Gasteiger partial charge < -0.3 is 9.80 Å². The third-order valence-electron chi connectivity index (χ3n) is 5.45. The summed E-state index contributed by atoms with van der Waals surface area (Å²) in [5.41, 5.74) is 3.26. The maximum atomic E-state index is 13.0. The molecule has 134 valence electrons. The lowest BCUT2D eigenvalue weighted by molar-refractivity contribution is 0.0763. The average molecular weight is 351 g/mol. The topological polar surface area (TPSA) is 41.4 Å². The van der Waals surface area contributed by atoms with E-state index in [1.807, 2.05) is 16.7 Å². The molecule has 1 aliphatic heterocycles. The Kier molecular flexibility index (Phi) is 5.87. The summed E-state index contributed by atoms with van der Waals surface area (Å²) in [4.78, 5) is 17.6. The van der Waals surface area contributed by atoms with Gasteiger partial charge in [-0.25, -0.2) is 0 Å². The van der Waals surface area contributed by atoms with Crippen molar-refractivity contribution in [2.45, 2.75) is 52.6 Å². The molecule has 1 amide bonds. The Balaban J connectivity index is 1.88. The van der Waals surface area contributed by atoms with Gasteiger partial charge in [-0.3, -0.25) is 9.48 Å². The minimum atomic E-state index is 0.152. The highest BCUT2D eigenvalue weighted by Gasteiger charge is 2.32. The predicted octanol–water partition coefficient (Wildman–Crippen LogP) is 2.29. The minimum absolute atomic E-state index is 0.152. The maximum Gasteiger partial charge on any atom is 0.274 e. The molecule has 0 saturated carbocycles. The van der Waals surface area contributed by atoms with Crippen LogP contribution in [-0.4, -0.2) is 69.2 Å². The smallest absolute Gasteiger partial charge is 0.274 e. The van der Waals surface area contributed by atoms with Crippen LogP contribution in [0.25, 0.3) is 0 Å². The van der Waals surface area contributed by atoms with Gasteiger partial charge in [0.25, 0.3) is 5.91 Å². The van der Waals surface area contributed by atoms with Crippen LogP contribution in [0.15, 0.2) is 0 Å². The quantitative estimate of drug-likeness (QED) is 0.817. The van der Waals surface area contributed by atoms with Gasteiger partial charge in [-0.05, 0) is 39.3 Å². The van der Waals surface area contributed by atoms with Crippen LogP contribution in [0.5, 0.6) is 0 Å². The van der Waals surface area contributed by atoms with E-state index in [0.717, 1.165) is 62.8 Å². The number of carbonyl (C=O) groups excluding carboxylic acids is 1. The van der Waals surface area contributed by atoms with Crippen LogP contribution in [0.1, 0.15) is 48.9 Å². The Hall–Kier alpha value is -1.01. The first kappa shape index (κ1) is 17.8. The molecular formula is C18H30N4OS. The van der Waals surface area contributed by atoms with Gasteiger partial charge in [0.05, 0.1) is 0 Å². The molecule has 2 heterocycles. The zero-order valence-corrected chi connectivity index (χ0v) is 16.1. The highest BCUT2D eigenvalue weighted by atomic mass is 32.2. The summed E-state index contributed by atoms with van der Waals surface area (Å²) in [7, 11) is 0. The van der Waals surface area contributed by atoms with Gasteiger partial charge in [0.15, 0.2) is 5.69 Å². The summed E-state index contributed by atoms with van der Waals surface area (Å²) in [6, 6.07) is 0.547. The number of hydrogen-bond acceptors (Lipinski definition) is 4. The molecule has 24 heavy (non-hydrogen) atoms. The van der Waals surface area contributed by atoms with E-state index < -0.39 is 0 Å². The second kappa shape index (κ2) is 7.91. The van der Waals surface area contributed by atoms with Crippen LogP contribution in [0.4, 0.5) is 0 Å². The van der Waals surface area contributed by atoms with Gasteiger partial charge in [0.2, 0.25) is 0 Å². The molecule has 1 aliphatic carbocycles. The fourth-order valence-corrected chi connectivity index (χ4v) is 4.97. The number of fused-ring (bicyclic) bond motifs is 1. The molecule has 5 nitrogen and oxygen atoms in total. The van der Waals surface area contributed by atoms with Crippen LogP contribution < -0.4 is 0 Å². The third-order valence-corrected chi connectivity index (χ3v) is 6.39. The minimum Gasteiger partial charge on any atom is -0.336 e. The van der Waals surface area contributed by atoms with Gasteiger partial charge in [-0.1, -0.05) is 13.8 Å². The first-order chi connectivity index (χ1) is 11.7. The molecule has 1 aromatic rings. The van der Waals surface area contributed by atoms with Crippen LogP contribution >= 0.6 is 11.8 Å². The molecule has 1 fully saturated rings. The van der Waals surface area contributed by atoms with Crippen molar-refractivity contribution in [2.75, 3.05) is 37.7 Å². The number of nitrogens with zero attached hydrogens (tertiary/aromatic N) is 4. The Labute approximate surface area is 149 Å². The molecule has 1 saturated heterocycles. The lowest BCUT2D eigenvalue weighted by atomic mass is 9.90.